The van der Waals surface area contributed by atoms with Crippen LogP contribution in [0, 0.1) is 0 Å². The molecule has 0 bridgehead atoms. The zero-order valence-corrected chi connectivity index (χ0v) is 9.05. The molecule has 0 aliphatic heterocycles. The van der Waals surface area contributed by atoms with Crippen molar-refractivity contribution < 1.29 is 0 Å². The minimum atomic E-state index is -1.54. The molecule has 0 saturated heterocycles. The van der Waals surface area contributed by atoms with Crippen molar-refractivity contribution in [2.24, 2.45) is 17.2 Å². The molecule has 0 aromatic carbocycles. The fraction of sp³-hybridized carbons (Fsp3) is 0.333. The number of hydrogen-bond donors (Lipinski definition) is 3. The lowest BCUT2D eigenvalue weighted by Gasteiger charge is -2.27. The Balaban J connectivity index is 4.61. The smallest absolute Gasteiger partial charge is 0.107 e. The van der Waals surface area contributed by atoms with Crippen molar-refractivity contribution in [2.45, 2.75) is 17.0 Å². The highest BCUT2D eigenvalue weighted by molar-refractivity contribution is 6.65. The third-order valence-electron chi connectivity index (χ3n) is 2.15. The summed E-state index contributed by atoms with van der Waals surface area (Å²) in [5.74, 6) is 0. The second kappa shape index (κ2) is 5.88. The first-order valence-corrected chi connectivity index (χ1v) is 6.22. The van der Waals surface area contributed by atoms with E-state index in [0.717, 1.165) is 0 Å². The molecule has 0 heterocycles. The molecule has 0 fully saturated rings. The summed E-state index contributed by atoms with van der Waals surface area (Å²) >= 11 is 0. The maximum absolute atomic E-state index is 5.86. The molecule has 0 aliphatic carbocycles. The number of rotatable bonds is 6. The van der Waals surface area contributed by atoms with Gasteiger partial charge in [0.15, 0.2) is 0 Å². The molecule has 6 N–H and O–H groups in total. The van der Waals surface area contributed by atoms with Crippen molar-refractivity contribution in [1.29, 1.82) is 0 Å². The van der Waals surface area contributed by atoms with Crippen LogP contribution < -0.4 is 17.2 Å². The molecule has 0 aliphatic rings. The van der Waals surface area contributed by atoms with Gasteiger partial charge in [-0.25, -0.2) is 0 Å². The molecule has 0 aromatic heterocycles. The van der Waals surface area contributed by atoms with Crippen LogP contribution in [0.3, 0.4) is 0 Å². The summed E-state index contributed by atoms with van der Waals surface area (Å²) in [5.41, 5.74) is 17.3. The highest BCUT2D eigenvalue weighted by Gasteiger charge is 2.27. The van der Waals surface area contributed by atoms with E-state index in [1.165, 1.54) is 0 Å². The molecule has 0 radical (unpaired) electrons. The third kappa shape index (κ3) is 3.28. The van der Waals surface area contributed by atoms with E-state index >= 15 is 0 Å². The van der Waals surface area contributed by atoms with Crippen LogP contribution in [0.15, 0.2) is 38.0 Å². The van der Waals surface area contributed by atoms with Gasteiger partial charge >= 0.3 is 0 Å². The van der Waals surface area contributed by atoms with Gasteiger partial charge < -0.3 is 17.2 Å². The average molecular weight is 197 g/mol. The molecule has 0 rings (SSSR count). The van der Waals surface area contributed by atoms with E-state index in [4.69, 9.17) is 17.2 Å². The fourth-order valence-electron chi connectivity index (χ4n) is 1.24. The molecule has 0 spiro atoms. The van der Waals surface area contributed by atoms with Crippen LogP contribution in [0.4, 0.5) is 0 Å². The maximum Gasteiger partial charge on any atom is 0.107 e. The summed E-state index contributed by atoms with van der Waals surface area (Å²) < 4.78 is 0. The first-order chi connectivity index (χ1) is 6.08. The van der Waals surface area contributed by atoms with E-state index in [9.17, 15) is 0 Å². The Morgan fingerprint density at radius 3 is 1.15 bits per heavy atom. The van der Waals surface area contributed by atoms with Gasteiger partial charge in [0.05, 0.1) is 0 Å². The first-order valence-electron chi connectivity index (χ1n) is 4.22. The maximum atomic E-state index is 5.86. The zero-order valence-electron chi connectivity index (χ0n) is 7.89. The van der Waals surface area contributed by atoms with Crippen LogP contribution >= 0.6 is 0 Å². The van der Waals surface area contributed by atoms with E-state index < -0.39 is 8.80 Å². The van der Waals surface area contributed by atoms with Crippen molar-refractivity contribution in [3.63, 3.8) is 0 Å². The lowest BCUT2D eigenvalue weighted by molar-refractivity contribution is 0.936. The Bertz CT molecular complexity index is 160. The number of hydrogen-bond acceptors (Lipinski definition) is 3. The minimum Gasteiger partial charge on any atom is -0.327 e. The lowest BCUT2D eigenvalue weighted by Crippen LogP contribution is -2.59. The molecule has 74 valence electrons. The average Bonchev–Trinajstić information content (AvgIpc) is 2.16. The molecule has 13 heavy (non-hydrogen) atoms. The summed E-state index contributed by atoms with van der Waals surface area (Å²) in [6, 6.07) is 0. The van der Waals surface area contributed by atoms with E-state index in [2.05, 4.69) is 19.7 Å². The largest absolute Gasteiger partial charge is 0.327 e. The summed E-state index contributed by atoms with van der Waals surface area (Å²) in [6.45, 7) is 10.9. The Morgan fingerprint density at radius 1 is 0.769 bits per heavy atom. The molecule has 4 heteroatoms. The van der Waals surface area contributed by atoms with E-state index in [1.807, 2.05) is 0 Å². The van der Waals surface area contributed by atoms with Crippen molar-refractivity contribution in [1.82, 2.24) is 0 Å². The van der Waals surface area contributed by atoms with Gasteiger partial charge in [-0.1, -0.05) is 18.2 Å². The SMILES string of the molecule is C=CC(N)[SiH](C(N)C=C)C(N)C=C. The summed E-state index contributed by atoms with van der Waals surface area (Å²) in [6.07, 6.45) is 5.09. The Hall–Kier alpha value is -0.683. The topological polar surface area (TPSA) is 78.1 Å². The molecule has 0 saturated carbocycles. The standard InChI is InChI=1S/C9H19N3Si/c1-4-7(10)13(8(11)5-2)9(12)6-3/h4-9,13H,1-3,10-12H2. The van der Waals surface area contributed by atoms with Gasteiger partial charge in [0.2, 0.25) is 0 Å². The monoisotopic (exact) mass is 197 g/mol. The Morgan fingerprint density at radius 2 is 1.00 bits per heavy atom. The van der Waals surface area contributed by atoms with Crippen LogP contribution in [0.5, 0.6) is 0 Å². The molecule has 3 unspecified atom stereocenters. The summed E-state index contributed by atoms with van der Waals surface area (Å²) in [5, 5.41) is 0. The Labute approximate surface area is 81.6 Å². The van der Waals surface area contributed by atoms with Crippen molar-refractivity contribution in [3.05, 3.63) is 38.0 Å². The molecule has 3 nitrogen and oxygen atoms in total. The van der Waals surface area contributed by atoms with Crippen molar-refractivity contribution >= 4 is 8.80 Å². The third-order valence-corrected chi connectivity index (χ3v) is 5.63. The first kappa shape index (κ1) is 12.3. The zero-order chi connectivity index (χ0) is 10.4. The molecular weight excluding hydrogens is 178 g/mol. The normalized spacial score (nSPS) is 19.6. The van der Waals surface area contributed by atoms with Gasteiger partial charge in [-0.3, -0.25) is 0 Å². The van der Waals surface area contributed by atoms with Gasteiger partial charge in [0.1, 0.15) is 8.80 Å². The summed E-state index contributed by atoms with van der Waals surface area (Å²) in [4.78, 5) is 0. The summed E-state index contributed by atoms with van der Waals surface area (Å²) in [7, 11) is -1.54. The second-order valence-corrected chi connectivity index (χ2v) is 6.48. The van der Waals surface area contributed by atoms with Crippen LogP contribution in [0.1, 0.15) is 0 Å². The van der Waals surface area contributed by atoms with Gasteiger partial charge in [0.25, 0.3) is 0 Å². The van der Waals surface area contributed by atoms with Crippen molar-refractivity contribution in [2.75, 3.05) is 0 Å². The van der Waals surface area contributed by atoms with Crippen LogP contribution in [-0.2, 0) is 0 Å². The van der Waals surface area contributed by atoms with Gasteiger partial charge in [-0.2, -0.15) is 0 Å². The van der Waals surface area contributed by atoms with E-state index in [-0.39, 0.29) is 17.0 Å². The van der Waals surface area contributed by atoms with E-state index in [0.29, 0.717) is 0 Å². The predicted molar refractivity (Wildman–Crippen MR) is 61.7 cm³/mol. The predicted octanol–water partition coefficient (Wildman–Crippen LogP) is -0.629. The second-order valence-electron chi connectivity index (χ2n) is 3.02. The van der Waals surface area contributed by atoms with Crippen molar-refractivity contribution in [3.8, 4) is 0 Å². The van der Waals surface area contributed by atoms with Gasteiger partial charge in [-0.15, -0.1) is 19.7 Å². The minimum absolute atomic E-state index is 0.0963. The van der Waals surface area contributed by atoms with Gasteiger partial charge in [0, 0.05) is 17.0 Å². The number of nitrogens with two attached hydrogens (primary N) is 3. The Kier molecular flexibility index (Phi) is 5.57. The molecule has 0 aromatic rings. The molecule has 3 atom stereocenters. The quantitative estimate of drug-likeness (QED) is 0.392. The van der Waals surface area contributed by atoms with Crippen LogP contribution in [-0.4, -0.2) is 25.8 Å². The lowest BCUT2D eigenvalue weighted by atomic mass is 10.6. The van der Waals surface area contributed by atoms with Gasteiger partial charge in [-0.05, 0) is 0 Å². The van der Waals surface area contributed by atoms with E-state index in [1.54, 1.807) is 18.2 Å². The highest BCUT2D eigenvalue weighted by Crippen LogP contribution is 2.02. The van der Waals surface area contributed by atoms with Crippen LogP contribution in [0.25, 0.3) is 0 Å². The van der Waals surface area contributed by atoms with Crippen LogP contribution in [0.2, 0.25) is 0 Å². The highest BCUT2D eigenvalue weighted by atomic mass is 28.3. The fourth-order valence-corrected chi connectivity index (χ4v) is 3.72. The molecule has 0 amide bonds. The molecular formula is C9H19N3Si.